The summed E-state index contributed by atoms with van der Waals surface area (Å²) in [5, 5.41) is 0.610. The largest absolute Gasteiger partial charge is 0.443 e. The summed E-state index contributed by atoms with van der Waals surface area (Å²) in [4.78, 5) is 36.2. The zero-order chi connectivity index (χ0) is 18.4. The lowest BCUT2D eigenvalue weighted by Gasteiger charge is -2.31. The van der Waals surface area contributed by atoms with E-state index in [1.165, 1.54) is 6.92 Å². The van der Waals surface area contributed by atoms with E-state index in [2.05, 4.69) is 5.43 Å². The van der Waals surface area contributed by atoms with Crippen molar-refractivity contribution >= 4 is 29.1 Å². The van der Waals surface area contributed by atoms with Crippen LogP contribution >= 0.6 is 11.8 Å². The number of nitrogens with one attached hydrogen (secondary N) is 1. The Morgan fingerprint density at radius 1 is 1.04 bits per heavy atom. The third-order valence-corrected chi connectivity index (χ3v) is 3.13. The summed E-state index contributed by atoms with van der Waals surface area (Å²) < 4.78 is 10.4. The number of hydrogen-bond donors (Lipinski definition) is 1. The van der Waals surface area contributed by atoms with E-state index in [0.717, 1.165) is 16.8 Å². The highest BCUT2D eigenvalue weighted by Crippen LogP contribution is 2.15. The van der Waals surface area contributed by atoms with Crippen molar-refractivity contribution in [1.29, 1.82) is 0 Å². The highest BCUT2D eigenvalue weighted by Gasteiger charge is 2.32. The van der Waals surface area contributed by atoms with E-state index in [4.69, 9.17) is 9.47 Å². The van der Waals surface area contributed by atoms with Crippen molar-refractivity contribution in [2.24, 2.45) is 0 Å². The molecule has 0 aromatic rings. The molecule has 0 aromatic heterocycles. The SMILES string of the molecule is CCSC(=O)C(C)N(NC(=O)OC(C)(C)C)C(=O)OC(C)(C)C. The van der Waals surface area contributed by atoms with Crippen LogP contribution < -0.4 is 5.43 Å². The molecule has 0 radical (unpaired) electrons. The average Bonchev–Trinajstić information content (AvgIpc) is 2.30. The van der Waals surface area contributed by atoms with Crippen LogP contribution in [0.25, 0.3) is 0 Å². The smallest absolute Gasteiger partial charge is 0.430 e. The molecule has 0 saturated heterocycles. The summed E-state index contributed by atoms with van der Waals surface area (Å²) in [5.41, 5.74) is 0.813. The number of amides is 2. The summed E-state index contributed by atoms with van der Waals surface area (Å²) in [6.45, 7) is 13.5. The lowest BCUT2D eigenvalue weighted by Crippen LogP contribution is -2.55. The molecule has 0 heterocycles. The molecule has 134 valence electrons. The topological polar surface area (TPSA) is 84.9 Å². The number of thioether (sulfide) groups is 1. The molecule has 7 nitrogen and oxygen atoms in total. The zero-order valence-electron chi connectivity index (χ0n) is 15.2. The number of rotatable bonds is 3. The van der Waals surface area contributed by atoms with Gasteiger partial charge in [0, 0.05) is 0 Å². The molecule has 23 heavy (non-hydrogen) atoms. The van der Waals surface area contributed by atoms with Gasteiger partial charge in [-0.1, -0.05) is 18.7 Å². The Bertz CT molecular complexity index is 440. The second-order valence-corrected chi connectivity index (χ2v) is 8.16. The summed E-state index contributed by atoms with van der Waals surface area (Å²) in [5.74, 6) is 0.567. The van der Waals surface area contributed by atoms with Gasteiger partial charge in [-0.3, -0.25) is 4.79 Å². The van der Waals surface area contributed by atoms with Gasteiger partial charge in [0.05, 0.1) is 0 Å². The fourth-order valence-corrected chi connectivity index (χ4v) is 2.01. The van der Waals surface area contributed by atoms with Gasteiger partial charge in [-0.2, -0.15) is 0 Å². The predicted molar refractivity (Wildman–Crippen MR) is 90.0 cm³/mol. The summed E-state index contributed by atoms with van der Waals surface area (Å²) in [7, 11) is 0. The van der Waals surface area contributed by atoms with Crippen molar-refractivity contribution in [1.82, 2.24) is 10.4 Å². The summed E-state index contributed by atoms with van der Waals surface area (Å²) >= 11 is 1.06. The Kier molecular flexibility index (Phi) is 7.90. The first-order valence-electron chi connectivity index (χ1n) is 7.45. The monoisotopic (exact) mass is 348 g/mol. The van der Waals surface area contributed by atoms with Gasteiger partial charge in [-0.15, -0.1) is 0 Å². The number of hydrogen-bond acceptors (Lipinski definition) is 6. The molecule has 0 spiro atoms. The molecule has 2 amide bonds. The van der Waals surface area contributed by atoms with Gasteiger partial charge in [-0.05, 0) is 54.2 Å². The van der Waals surface area contributed by atoms with Gasteiger partial charge >= 0.3 is 12.2 Å². The Balaban J connectivity index is 5.18. The van der Waals surface area contributed by atoms with E-state index >= 15 is 0 Å². The van der Waals surface area contributed by atoms with Crippen molar-refractivity contribution in [2.45, 2.75) is 72.6 Å². The molecule has 0 rings (SSSR count). The Morgan fingerprint density at radius 3 is 1.91 bits per heavy atom. The van der Waals surface area contributed by atoms with Gasteiger partial charge in [0.2, 0.25) is 5.12 Å². The minimum Gasteiger partial charge on any atom is -0.443 e. The summed E-state index contributed by atoms with van der Waals surface area (Å²) in [6, 6.07) is -0.887. The fourth-order valence-electron chi connectivity index (χ4n) is 1.38. The number of carbonyl (C=O) groups excluding carboxylic acids is 3. The molecule has 0 bridgehead atoms. The van der Waals surface area contributed by atoms with Crippen LogP contribution in [-0.2, 0) is 14.3 Å². The molecule has 1 unspecified atom stereocenters. The molecule has 0 aliphatic rings. The van der Waals surface area contributed by atoms with E-state index in [0.29, 0.717) is 5.75 Å². The van der Waals surface area contributed by atoms with Gasteiger partial charge in [0.25, 0.3) is 0 Å². The third kappa shape index (κ3) is 9.32. The van der Waals surface area contributed by atoms with Crippen LogP contribution in [0.4, 0.5) is 9.59 Å². The van der Waals surface area contributed by atoms with E-state index in [9.17, 15) is 14.4 Å². The molecule has 0 aromatic carbocycles. The van der Waals surface area contributed by atoms with E-state index in [1.54, 1.807) is 41.5 Å². The maximum absolute atomic E-state index is 12.3. The Labute approximate surface area is 142 Å². The van der Waals surface area contributed by atoms with Gasteiger partial charge in [0.1, 0.15) is 17.2 Å². The van der Waals surface area contributed by atoms with Crippen molar-refractivity contribution in [2.75, 3.05) is 5.75 Å². The molecule has 8 heteroatoms. The number of nitrogens with zero attached hydrogens (tertiary/aromatic N) is 1. The zero-order valence-corrected chi connectivity index (χ0v) is 16.0. The molecular formula is C15H28N2O5S. The first-order chi connectivity index (χ1) is 10.3. The standard InChI is InChI=1S/C15H28N2O5S/c1-9-23-11(18)10(2)17(13(20)22-15(6,7)8)16-12(19)21-14(3,4)5/h10H,9H2,1-8H3,(H,16,19). The first-order valence-corrected chi connectivity index (χ1v) is 8.44. The van der Waals surface area contributed by atoms with Crippen LogP contribution in [0, 0.1) is 0 Å². The highest BCUT2D eigenvalue weighted by molar-refractivity contribution is 8.13. The third-order valence-electron chi connectivity index (χ3n) is 2.22. The van der Waals surface area contributed by atoms with Crippen molar-refractivity contribution in [3.63, 3.8) is 0 Å². The average molecular weight is 348 g/mol. The van der Waals surface area contributed by atoms with Crippen LogP contribution in [0.1, 0.15) is 55.4 Å². The van der Waals surface area contributed by atoms with E-state index in [-0.39, 0.29) is 5.12 Å². The van der Waals surface area contributed by atoms with E-state index < -0.39 is 29.4 Å². The van der Waals surface area contributed by atoms with Crippen LogP contribution in [0.5, 0.6) is 0 Å². The van der Waals surface area contributed by atoms with Crippen LogP contribution in [-0.4, -0.2) is 45.3 Å². The number of hydrazine groups is 1. The minimum absolute atomic E-state index is 0.255. The maximum Gasteiger partial charge on any atom is 0.430 e. The molecule has 0 fully saturated rings. The quantitative estimate of drug-likeness (QED) is 0.788. The van der Waals surface area contributed by atoms with Gasteiger partial charge < -0.3 is 9.47 Å². The lowest BCUT2D eigenvalue weighted by molar-refractivity contribution is -0.116. The first kappa shape index (κ1) is 21.6. The second kappa shape index (κ2) is 8.42. The van der Waals surface area contributed by atoms with Gasteiger partial charge in [0.15, 0.2) is 0 Å². The number of ether oxygens (including phenoxy) is 2. The minimum atomic E-state index is -0.887. The molecule has 1 N–H and O–H groups in total. The Hall–Kier alpha value is -1.44. The van der Waals surface area contributed by atoms with Gasteiger partial charge in [-0.25, -0.2) is 20.0 Å². The number of carbonyl (C=O) groups is 3. The van der Waals surface area contributed by atoms with Crippen LogP contribution in [0.15, 0.2) is 0 Å². The lowest BCUT2D eigenvalue weighted by atomic mass is 10.2. The highest BCUT2D eigenvalue weighted by atomic mass is 32.2. The molecular weight excluding hydrogens is 320 g/mol. The molecule has 1 atom stereocenters. The maximum atomic E-state index is 12.3. The Morgan fingerprint density at radius 2 is 1.52 bits per heavy atom. The summed E-state index contributed by atoms with van der Waals surface area (Å²) in [6.07, 6.45) is -1.65. The van der Waals surface area contributed by atoms with Crippen molar-refractivity contribution < 1.29 is 23.9 Å². The molecule has 0 saturated carbocycles. The van der Waals surface area contributed by atoms with Crippen molar-refractivity contribution in [3.05, 3.63) is 0 Å². The van der Waals surface area contributed by atoms with Crippen LogP contribution in [0.3, 0.4) is 0 Å². The van der Waals surface area contributed by atoms with Crippen LogP contribution in [0.2, 0.25) is 0 Å². The predicted octanol–water partition coefficient (Wildman–Crippen LogP) is 3.33. The second-order valence-electron chi connectivity index (χ2n) is 6.89. The fraction of sp³-hybridized carbons (Fsp3) is 0.800. The van der Waals surface area contributed by atoms with E-state index in [1.807, 2.05) is 6.92 Å². The molecule has 0 aliphatic carbocycles. The van der Waals surface area contributed by atoms with Crippen molar-refractivity contribution in [3.8, 4) is 0 Å². The molecule has 0 aliphatic heterocycles. The normalized spacial score (nSPS) is 13.0.